The molecular weight excluding hydrogens is 410 g/mol. The van der Waals surface area contributed by atoms with E-state index in [1.165, 1.54) is 18.2 Å². The number of benzene rings is 3. The van der Waals surface area contributed by atoms with E-state index < -0.39 is 33.6 Å². The normalized spacial score (nSPS) is 16.1. The summed E-state index contributed by atoms with van der Waals surface area (Å²) in [5.74, 6) is -1.82. The molecule has 1 aliphatic heterocycles. The van der Waals surface area contributed by atoms with Crippen molar-refractivity contribution in [3.63, 3.8) is 0 Å². The highest BCUT2D eigenvalue weighted by molar-refractivity contribution is 7.93. The number of rotatable bonds is 4. The lowest BCUT2D eigenvalue weighted by Crippen LogP contribution is -2.50. The number of fused-ring (bicyclic) bond motifs is 1. The maximum atomic E-state index is 14.0. The van der Waals surface area contributed by atoms with Gasteiger partial charge in [0.25, 0.3) is 10.0 Å². The summed E-state index contributed by atoms with van der Waals surface area (Å²) in [5, 5.41) is 2.49. The van der Waals surface area contributed by atoms with Gasteiger partial charge in [-0.3, -0.25) is 9.10 Å². The lowest BCUT2D eigenvalue weighted by Gasteiger charge is -2.36. The molecule has 0 saturated carbocycles. The zero-order chi connectivity index (χ0) is 21.3. The number of nitrogens with zero attached hydrogens (tertiary/aromatic N) is 1. The van der Waals surface area contributed by atoms with Crippen LogP contribution in [0.15, 0.2) is 77.7 Å². The average Bonchev–Trinajstić information content (AvgIpc) is 2.74. The Hall–Kier alpha value is -3.26. The van der Waals surface area contributed by atoms with Gasteiger partial charge in [0.2, 0.25) is 5.91 Å². The number of anilines is 2. The molecule has 3 aromatic rings. The number of hydrogen-bond acceptors (Lipinski definition) is 3. The monoisotopic (exact) mass is 428 g/mol. The third-order valence-corrected chi connectivity index (χ3v) is 6.84. The second-order valence-electron chi connectivity index (χ2n) is 6.91. The number of aryl methyl sites for hydroxylation is 1. The molecule has 1 unspecified atom stereocenters. The van der Waals surface area contributed by atoms with Gasteiger partial charge in [0.15, 0.2) is 0 Å². The zero-order valence-corrected chi connectivity index (χ0v) is 16.6. The molecular formula is C22H18F2N2O3S. The maximum absolute atomic E-state index is 14.0. The van der Waals surface area contributed by atoms with Crippen LogP contribution in [0.5, 0.6) is 0 Å². The highest BCUT2D eigenvalue weighted by Crippen LogP contribution is 2.36. The van der Waals surface area contributed by atoms with E-state index in [1.54, 1.807) is 30.3 Å². The van der Waals surface area contributed by atoms with Crippen LogP contribution in [0.25, 0.3) is 0 Å². The molecule has 0 radical (unpaired) electrons. The summed E-state index contributed by atoms with van der Waals surface area (Å²) in [4.78, 5) is 12.9. The molecule has 1 N–H and O–H groups in total. The predicted octanol–water partition coefficient (Wildman–Crippen LogP) is 4.11. The van der Waals surface area contributed by atoms with Crippen molar-refractivity contribution < 1.29 is 22.0 Å². The van der Waals surface area contributed by atoms with Gasteiger partial charge in [-0.05, 0) is 60.9 Å². The smallest absolute Gasteiger partial charge is 0.265 e. The van der Waals surface area contributed by atoms with Crippen molar-refractivity contribution >= 4 is 27.3 Å². The van der Waals surface area contributed by atoms with E-state index in [9.17, 15) is 22.0 Å². The molecule has 5 nitrogen and oxygen atoms in total. The Bertz CT molecular complexity index is 1200. The van der Waals surface area contributed by atoms with Gasteiger partial charge in [0, 0.05) is 0 Å². The summed E-state index contributed by atoms with van der Waals surface area (Å²) in [6, 6.07) is 15.9. The first-order valence-electron chi connectivity index (χ1n) is 9.31. The highest BCUT2D eigenvalue weighted by atomic mass is 32.2. The van der Waals surface area contributed by atoms with Crippen LogP contribution in [-0.4, -0.2) is 20.4 Å². The van der Waals surface area contributed by atoms with E-state index in [2.05, 4.69) is 5.32 Å². The van der Waals surface area contributed by atoms with Crippen LogP contribution < -0.4 is 9.62 Å². The molecule has 154 valence electrons. The lowest BCUT2D eigenvalue weighted by atomic mass is 9.97. The molecule has 0 fully saturated rings. The van der Waals surface area contributed by atoms with Gasteiger partial charge in [-0.15, -0.1) is 0 Å². The molecule has 0 saturated heterocycles. The molecule has 4 rings (SSSR count). The minimum atomic E-state index is -4.18. The summed E-state index contributed by atoms with van der Waals surface area (Å²) in [5.41, 5.74) is 1.13. The summed E-state index contributed by atoms with van der Waals surface area (Å²) in [7, 11) is -4.18. The number of hydrogen-bond donors (Lipinski definition) is 1. The molecule has 0 aliphatic carbocycles. The quantitative estimate of drug-likeness (QED) is 0.680. The van der Waals surface area contributed by atoms with Crippen LogP contribution in [0.3, 0.4) is 0 Å². The predicted molar refractivity (Wildman–Crippen MR) is 110 cm³/mol. The lowest BCUT2D eigenvalue weighted by molar-refractivity contribution is -0.117. The first-order valence-corrected chi connectivity index (χ1v) is 10.8. The van der Waals surface area contributed by atoms with Gasteiger partial charge in [-0.1, -0.05) is 30.3 Å². The van der Waals surface area contributed by atoms with Crippen LogP contribution in [0.2, 0.25) is 0 Å². The Morgan fingerprint density at radius 3 is 2.33 bits per heavy atom. The number of halogens is 2. The molecule has 8 heteroatoms. The van der Waals surface area contributed by atoms with E-state index in [0.29, 0.717) is 12.1 Å². The fraction of sp³-hybridized carbons (Fsp3) is 0.136. The molecule has 1 atom stereocenters. The van der Waals surface area contributed by atoms with Gasteiger partial charge in [-0.2, -0.15) is 0 Å². The summed E-state index contributed by atoms with van der Waals surface area (Å²) in [6.07, 6.45) is 0.707. The second-order valence-corrected chi connectivity index (χ2v) is 8.72. The van der Waals surface area contributed by atoms with Crippen LogP contribution in [-0.2, 0) is 21.2 Å². The van der Waals surface area contributed by atoms with Crippen molar-refractivity contribution in [2.75, 3.05) is 9.62 Å². The van der Waals surface area contributed by atoms with Crippen LogP contribution >= 0.6 is 0 Å². The molecule has 1 aliphatic rings. The third kappa shape index (κ3) is 3.66. The molecule has 30 heavy (non-hydrogen) atoms. The van der Waals surface area contributed by atoms with E-state index in [4.69, 9.17) is 0 Å². The Morgan fingerprint density at radius 2 is 1.60 bits per heavy atom. The van der Waals surface area contributed by atoms with E-state index in [0.717, 1.165) is 34.1 Å². The Labute approximate surface area is 173 Å². The van der Waals surface area contributed by atoms with Gasteiger partial charge in [-0.25, -0.2) is 17.2 Å². The van der Waals surface area contributed by atoms with Crippen molar-refractivity contribution in [3.05, 3.63) is 90.0 Å². The van der Waals surface area contributed by atoms with E-state index in [1.807, 2.05) is 0 Å². The topological polar surface area (TPSA) is 66.5 Å². The summed E-state index contributed by atoms with van der Waals surface area (Å²) in [6.45, 7) is 0. The largest absolute Gasteiger partial charge is 0.322 e. The van der Waals surface area contributed by atoms with Crippen molar-refractivity contribution in [2.45, 2.75) is 23.8 Å². The van der Waals surface area contributed by atoms with Crippen molar-refractivity contribution in [2.24, 2.45) is 0 Å². The Kier molecular flexibility index (Phi) is 5.26. The SMILES string of the molecule is O=C(Nc1ccccc1F)C1CCc2ccccc2N1S(=O)(=O)c1ccc(F)cc1. The van der Waals surface area contributed by atoms with Crippen molar-refractivity contribution in [3.8, 4) is 0 Å². The fourth-order valence-electron chi connectivity index (χ4n) is 3.55. The Balaban J connectivity index is 1.77. The number of carbonyl (C=O) groups excluding carboxylic acids is 1. The minimum absolute atomic E-state index is 0.0273. The molecule has 1 heterocycles. The summed E-state index contributed by atoms with van der Waals surface area (Å²) < 4.78 is 55.3. The van der Waals surface area contributed by atoms with Gasteiger partial charge in [0.05, 0.1) is 16.3 Å². The number of nitrogens with one attached hydrogen (secondary N) is 1. The standard InChI is InChI=1S/C22H18F2N2O3S/c23-16-10-12-17(13-11-16)30(28,29)26-20-8-4-1-5-15(20)9-14-21(26)22(27)25-19-7-3-2-6-18(19)24/h1-8,10-13,21H,9,14H2,(H,25,27). The second kappa shape index (κ2) is 7.87. The van der Waals surface area contributed by atoms with E-state index in [-0.39, 0.29) is 17.0 Å². The zero-order valence-electron chi connectivity index (χ0n) is 15.8. The summed E-state index contributed by atoms with van der Waals surface area (Å²) >= 11 is 0. The van der Waals surface area contributed by atoms with Crippen LogP contribution in [0.4, 0.5) is 20.2 Å². The van der Waals surface area contributed by atoms with Crippen molar-refractivity contribution in [1.29, 1.82) is 0 Å². The maximum Gasteiger partial charge on any atom is 0.265 e. The molecule has 3 aromatic carbocycles. The number of carbonyl (C=O) groups is 1. The minimum Gasteiger partial charge on any atom is -0.322 e. The first kappa shape index (κ1) is 20.0. The molecule has 0 bridgehead atoms. The molecule has 1 amide bonds. The van der Waals surface area contributed by atoms with Crippen molar-refractivity contribution in [1.82, 2.24) is 0 Å². The van der Waals surface area contributed by atoms with Gasteiger partial charge < -0.3 is 5.32 Å². The number of amides is 1. The first-order chi connectivity index (χ1) is 14.4. The van der Waals surface area contributed by atoms with Gasteiger partial charge >= 0.3 is 0 Å². The van der Waals surface area contributed by atoms with E-state index >= 15 is 0 Å². The highest BCUT2D eigenvalue weighted by Gasteiger charge is 2.40. The van der Waals surface area contributed by atoms with Gasteiger partial charge in [0.1, 0.15) is 17.7 Å². The third-order valence-electron chi connectivity index (χ3n) is 5.00. The van der Waals surface area contributed by atoms with Crippen LogP contribution in [0.1, 0.15) is 12.0 Å². The molecule has 0 aromatic heterocycles. The average molecular weight is 428 g/mol. The Morgan fingerprint density at radius 1 is 0.933 bits per heavy atom. The number of para-hydroxylation sites is 2. The van der Waals surface area contributed by atoms with Crippen LogP contribution in [0, 0.1) is 11.6 Å². The fourth-order valence-corrected chi connectivity index (χ4v) is 5.23. The molecule has 0 spiro atoms. The number of sulfonamides is 1.